The fourth-order valence-electron chi connectivity index (χ4n) is 8.22. The largest absolute Gasteiger partial charge is 0.462 e. The predicted octanol–water partition coefficient (Wildman–Crippen LogP) is 3.24. The van der Waals surface area contributed by atoms with Crippen molar-refractivity contribution in [3.05, 3.63) is 54.6 Å². The second-order valence-corrected chi connectivity index (χ2v) is 14.3. The summed E-state index contributed by atoms with van der Waals surface area (Å²) in [6, 6.07) is 7.22. The Morgan fingerprint density at radius 1 is 1.07 bits per heavy atom. The third kappa shape index (κ3) is 7.19. The van der Waals surface area contributed by atoms with E-state index in [-0.39, 0.29) is 43.6 Å². The minimum atomic E-state index is -2.16. The van der Waals surface area contributed by atoms with Gasteiger partial charge in [0.1, 0.15) is 36.3 Å². The summed E-state index contributed by atoms with van der Waals surface area (Å²) >= 11 is 0. The maximum atomic E-state index is 12.4. The molecule has 3 heterocycles. The first-order chi connectivity index (χ1) is 22.0. The van der Waals surface area contributed by atoms with E-state index in [0.717, 1.165) is 24.8 Å². The highest BCUT2D eigenvalue weighted by molar-refractivity contribution is 5.29. The smallest absolute Gasteiger partial charge is 0.232 e. The van der Waals surface area contributed by atoms with Crippen molar-refractivity contribution in [1.82, 2.24) is 0 Å². The van der Waals surface area contributed by atoms with Gasteiger partial charge in [-0.2, -0.15) is 0 Å². The molecule has 12 unspecified atom stereocenters. The van der Waals surface area contributed by atoms with Crippen molar-refractivity contribution in [3.8, 4) is 17.8 Å². The molecule has 2 bridgehead atoms. The number of hydrogen-bond acceptors (Lipinski definition) is 9. The van der Waals surface area contributed by atoms with Crippen LogP contribution in [-0.2, 0) is 15.9 Å². The highest BCUT2D eigenvalue weighted by Gasteiger charge is 2.60. The maximum absolute atomic E-state index is 12.4. The third-order valence-electron chi connectivity index (χ3n) is 10.7. The summed E-state index contributed by atoms with van der Waals surface area (Å²) in [5.74, 6) is 2.82. The highest BCUT2D eigenvalue weighted by atomic mass is 16.7. The average Bonchev–Trinajstić information content (AvgIpc) is 3.34. The lowest BCUT2D eigenvalue weighted by atomic mass is 9.65. The van der Waals surface area contributed by atoms with E-state index in [9.17, 15) is 30.6 Å². The summed E-state index contributed by atoms with van der Waals surface area (Å²) in [4.78, 5) is 0. The molecule has 3 aliphatic heterocycles. The van der Waals surface area contributed by atoms with Crippen LogP contribution in [0.1, 0.15) is 70.8 Å². The summed E-state index contributed by atoms with van der Waals surface area (Å²) in [5, 5.41) is 68.8. The quantitative estimate of drug-likeness (QED) is 0.167. The van der Waals surface area contributed by atoms with Crippen LogP contribution >= 0.6 is 0 Å². The number of ether oxygens (including phenoxy) is 3. The van der Waals surface area contributed by atoms with Gasteiger partial charge in [0, 0.05) is 18.9 Å². The summed E-state index contributed by atoms with van der Waals surface area (Å²) in [6.45, 7) is 7.97. The fraction of sp³-hybridized carbons (Fsp3) is 0.676. The molecule has 1 saturated heterocycles. The molecule has 1 aromatic rings. The molecule has 1 saturated carbocycles. The number of aliphatic hydroxyl groups is 6. The van der Waals surface area contributed by atoms with Crippen molar-refractivity contribution in [2.24, 2.45) is 29.6 Å². The topological polar surface area (TPSA) is 149 Å². The minimum Gasteiger partial charge on any atom is -0.462 e. The molecule has 5 aliphatic rings. The van der Waals surface area contributed by atoms with Gasteiger partial charge in [0.05, 0.1) is 11.7 Å². The van der Waals surface area contributed by atoms with Gasteiger partial charge in [0.2, 0.25) is 6.29 Å². The first-order valence-electron chi connectivity index (χ1n) is 16.9. The van der Waals surface area contributed by atoms with Gasteiger partial charge in [-0.05, 0) is 92.7 Å². The van der Waals surface area contributed by atoms with Gasteiger partial charge >= 0.3 is 0 Å². The molecule has 2 fully saturated rings. The van der Waals surface area contributed by atoms with Crippen molar-refractivity contribution < 1.29 is 44.8 Å². The van der Waals surface area contributed by atoms with Crippen LogP contribution in [0.15, 0.2) is 49.1 Å². The fourth-order valence-corrected chi connectivity index (χ4v) is 8.22. The van der Waals surface area contributed by atoms with E-state index >= 15 is 0 Å². The van der Waals surface area contributed by atoms with E-state index in [1.54, 1.807) is 18.2 Å². The zero-order chi connectivity index (χ0) is 33.1. The number of benzene rings is 1. The van der Waals surface area contributed by atoms with Crippen LogP contribution in [0.3, 0.4) is 0 Å². The predicted molar refractivity (Wildman–Crippen MR) is 172 cm³/mol. The lowest BCUT2D eigenvalue weighted by Gasteiger charge is -2.51. The SMILES string of the molecule is C=CCc1ccc(OC2OC3C(CCCO)OC#CCC(O)C(C4C=CC5CCC(CC(C)C)C5(O)C4)CC2(O)C(O)C3O)cc1. The van der Waals surface area contributed by atoms with Crippen LogP contribution in [0.4, 0.5) is 0 Å². The van der Waals surface area contributed by atoms with Gasteiger partial charge in [-0.3, -0.25) is 0 Å². The molecule has 2 aliphatic carbocycles. The van der Waals surface area contributed by atoms with Crippen LogP contribution in [0.5, 0.6) is 5.75 Å². The van der Waals surface area contributed by atoms with Crippen LogP contribution in [0, 0.1) is 41.6 Å². The zero-order valence-electron chi connectivity index (χ0n) is 27.1. The Hall–Kier alpha value is -2.42. The van der Waals surface area contributed by atoms with E-state index in [4.69, 9.17) is 14.2 Å². The lowest BCUT2D eigenvalue weighted by Crippen LogP contribution is -2.70. The molecule has 12 atom stereocenters. The number of fused-ring (bicyclic) bond motifs is 9. The lowest BCUT2D eigenvalue weighted by molar-refractivity contribution is -0.334. The van der Waals surface area contributed by atoms with E-state index in [1.807, 2.05) is 18.2 Å². The molecule has 6 N–H and O–H groups in total. The molecule has 6 rings (SSSR count). The Kier molecular flexibility index (Phi) is 11.2. The van der Waals surface area contributed by atoms with Crippen molar-refractivity contribution >= 4 is 0 Å². The average molecular weight is 641 g/mol. The summed E-state index contributed by atoms with van der Waals surface area (Å²) in [6.07, 6.45) is 4.95. The van der Waals surface area contributed by atoms with Gasteiger partial charge < -0.3 is 44.8 Å². The molecule has 0 amide bonds. The van der Waals surface area contributed by atoms with Crippen molar-refractivity contribution in [2.45, 2.75) is 120 Å². The first kappa shape index (κ1) is 34.9. The van der Waals surface area contributed by atoms with Gasteiger partial charge in [-0.25, -0.2) is 0 Å². The summed E-state index contributed by atoms with van der Waals surface area (Å²) < 4.78 is 18.4. The normalized spacial score (nSPS) is 40.6. The Morgan fingerprint density at radius 2 is 1.83 bits per heavy atom. The second-order valence-electron chi connectivity index (χ2n) is 14.3. The van der Waals surface area contributed by atoms with Crippen LogP contribution in [-0.4, -0.2) is 85.3 Å². The highest BCUT2D eigenvalue weighted by Crippen LogP contribution is 2.53. The van der Waals surface area contributed by atoms with Crippen molar-refractivity contribution in [2.75, 3.05) is 6.61 Å². The number of aliphatic hydroxyl groups excluding tert-OH is 4. The van der Waals surface area contributed by atoms with Gasteiger partial charge in [-0.1, -0.05) is 50.1 Å². The Labute approximate surface area is 272 Å². The molecule has 0 radical (unpaired) electrons. The molecule has 0 aromatic heterocycles. The van der Waals surface area contributed by atoms with Gasteiger partial charge in [0.15, 0.2) is 5.60 Å². The second kappa shape index (κ2) is 14.8. The molecular formula is C37H52O9. The molecule has 254 valence electrons. The Bertz CT molecular complexity index is 1250. The Balaban J connectivity index is 1.51. The van der Waals surface area contributed by atoms with E-state index < -0.39 is 53.9 Å². The third-order valence-corrected chi connectivity index (χ3v) is 10.7. The first-order valence-corrected chi connectivity index (χ1v) is 16.9. The van der Waals surface area contributed by atoms with E-state index in [2.05, 4.69) is 38.5 Å². The van der Waals surface area contributed by atoms with Crippen LogP contribution in [0.2, 0.25) is 0 Å². The maximum Gasteiger partial charge on any atom is 0.232 e. The zero-order valence-corrected chi connectivity index (χ0v) is 27.1. The summed E-state index contributed by atoms with van der Waals surface area (Å²) in [5.41, 5.74) is -2.09. The minimum absolute atomic E-state index is 0.0225. The van der Waals surface area contributed by atoms with Crippen molar-refractivity contribution in [3.63, 3.8) is 0 Å². The number of hydrogen-bond donors (Lipinski definition) is 6. The van der Waals surface area contributed by atoms with Gasteiger partial charge in [-0.15, -0.1) is 6.58 Å². The van der Waals surface area contributed by atoms with E-state index in [1.165, 1.54) is 0 Å². The van der Waals surface area contributed by atoms with Crippen LogP contribution < -0.4 is 4.74 Å². The van der Waals surface area contributed by atoms with Crippen LogP contribution in [0.25, 0.3) is 0 Å². The Morgan fingerprint density at radius 3 is 2.52 bits per heavy atom. The van der Waals surface area contributed by atoms with E-state index in [0.29, 0.717) is 30.9 Å². The van der Waals surface area contributed by atoms with Crippen molar-refractivity contribution in [1.29, 1.82) is 0 Å². The molecule has 1 aromatic carbocycles. The number of allylic oxidation sites excluding steroid dienone is 2. The molecule has 0 spiro atoms. The standard InChI is InChI=1S/C37H52O9/c1-4-7-24-10-16-28(17-11-24)45-35-37(43)22-29(25-12-13-26-14-15-27(20-23(2)3)36(26,42)21-25)30(39)8-6-19-44-31(9-5-18-38)33(46-35)32(40)34(37)41/h4,10-13,16-17,23,25-27,29-35,38-43H,1,5,7-9,14-15,18,20-22H2,2-3H3. The van der Waals surface area contributed by atoms with Gasteiger partial charge in [0.25, 0.3) is 0 Å². The molecular weight excluding hydrogens is 588 g/mol. The molecule has 9 nitrogen and oxygen atoms in total. The summed E-state index contributed by atoms with van der Waals surface area (Å²) in [7, 11) is 0. The molecule has 9 heteroatoms. The monoisotopic (exact) mass is 640 g/mol. The molecule has 46 heavy (non-hydrogen) atoms. The number of rotatable bonds is 10.